The molecular formula is C18H18O4. The predicted molar refractivity (Wildman–Crippen MR) is 85.6 cm³/mol. The topological polar surface area (TPSA) is 66.8 Å². The molecule has 2 aromatic carbocycles. The molecule has 0 unspecified atom stereocenters. The maximum Gasteiger partial charge on any atom is 0.193 e. The van der Waals surface area contributed by atoms with E-state index in [0.717, 1.165) is 11.1 Å². The standard InChI is InChI=1S/C18H18O4/c1-11-5-4-6-13(9-11)7-8-14(19)17-16(22-3)10-15(20)12(2)18(17)21/h4-10,20-21H,1-3H3. The normalized spacial score (nSPS) is 10.9. The second-order valence-electron chi connectivity index (χ2n) is 5.06. The second-order valence-corrected chi connectivity index (χ2v) is 5.06. The highest BCUT2D eigenvalue weighted by molar-refractivity contribution is 6.11. The number of aromatic hydroxyl groups is 2. The lowest BCUT2D eigenvalue weighted by molar-refractivity contribution is 0.104. The Morgan fingerprint density at radius 2 is 1.91 bits per heavy atom. The van der Waals surface area contributed by atoms with Gasteiger partial charge < -0.3 is 14.9 Å². The third kappa shape index (κ3) is 3.11. The number of carbonyl (C=O) groups is 1. The number of hydrogen-bond donors (Lipinski definition) is 2. The molecule has 0 bridgehead atoms. The Morgan fingerprint density at radius 1 is 1.18 bits per heavy atom. The third-order valence-corrected chi connectivity index (χ3v) is 3.43. The van der Waals surface area contributed by atoms with E-state index in [2.05, 4.69) is 0 Å². The maximum absolute atomic E-state index is 12.4. The van der Waals surface area contributed by atoms with Crippen LogP contribution >= 0.6 is 0 Å². The molecule has 4 heteroatoms. The van der Waals surface area contributed by atoms with Crippen LogP contribution in [-0.4, -0.2) is 23.1 Å². The first kappa shape index (κ1) is 15.6. The van der Waals surface area contributed by atoms with Crippen molar-refractivity contribution in [2.24, 2.45) is 0 Å². The van der Waals surface area contributed by atoms with E-state index in [1.807, 2.05) is 31.2 Å². The maximum atomic E-state index is 12.4. The van der Waals surface area contributed by atoms with Gasteiger partial charge in [0, 0.05) is 11.6 Å². The number of ether oxygens (including phenoxy) is 1. The van der Waals surface area contributed by atoms with Gasteiger partial charge in [-0.25, -0.2) is 0 Å². The third-order valence-electron chi connectivity index (χ3n) is 3.43. The van der Waals surface area contributed by atoms with Gasteiger partial charge in [0.15, 0.2) is 5.78 Å². The first-order valence-electron chi connectivity index (χ1n) is 6.82. The van der Waals surface area contributed by atoms with E-state index in [-0.39, 0.29) is 34.2 Å². The second kappa shape index (κ2) is 6.35. The molecule has 2 N–H and O–H groups in total. The SMILES string of the molecule is COc1cc(O)c(C)c(O)c1C(=O)C=Cc1cccc(C)c1. The van der Waals surface area contributed by atoms with Crippen LogP contribution in [0.3, 0.4) is 0 Å². The number of ketones is 1. The zero-order valence-corrected chi connectivity index (χ0v) is 12.8. The van der Waals surface area contributed by atoms with Crippen LogP contribution in [0.25, 0.3) is 6.08 Å². The van der Waals surface area contributed by atoms with Crippen LogP contribution in [0.1, 0.15) is 27.0 Å². The summed E-state index contributed by atoms with van der Waals surface area (Å²) in [6.45, 7) is 3.50. The molecule has 0 fully saturated rings. The van der Waals surface area contributed by atoms with Crippen LogP contribution in [0.5, 0.6) is 17.2 Å². The fourth-order valence-corrected chi connectivity index (χ4v) is 2.16. The molecule has 0 spiro atoms. The number of phenolic OH excluding ortho intramolecular Hbond substituents is 2. The molecule has 2 rings (SSSR count). The summed E-state index contributed by atoms with van der Waals surface area (Å²) < 4.78 is 5.08. The summed E-state index contributed by atoms with van der Waals surface area (Å²) in [6.07, 6.45) is 3.05. The fourth-order valence-electron chi connectivity index (χ4n) is 2.16. The van der Waals surface area contributed by atoms with Gasteiger partial charge in [-0.15, -0.1) is 0 Å². The minimum Gasteiger partial charge on any atom is -0.507 e. The van der Waals surface area contributed by atoms with E-state index in [1.54, 1.807) is 6.08 Å². The van der Waals surface area contributed by atoms with Crippen molar-refractivity contribution in [3.8, 4) is 17.2 Å². The van der Waals surface area contributed by atoms with Crippen molar-refractivity contribution >= 4 is 11.9 Å². The molecule has 0 aromatic heterocycles. The molecule has 22 heavy (non-hydrogen) atoms. The summed E-state index contributed by atoms with van der Waals surface area (Å²) in [7, 11) is 1.38. The molecule has 0 saturated carbocycles. The van der Waals surface area contributed by atoms with E-state index >= 15 is 0 Å². The monoisotopic (exact) mass is 298 g/mol. The van der Waals surface area contributed by atoms with Gasteiger partial charge in [0.05, 0.1) is 7.11 Å². The number of allylic oxidation sites excluding steroid dienone is 1. The summed E-state index contributed by atoms with van der Waals surface area (Å²) in [5.41, 5.74) is 2.27. The highest BCUT2D eigenvalue weighted by atomic mass is 16.5. The lowest BCUT2D eigenvalue weighted by Crippen LogP contribution is -2.01. The molecule has 0 aliphatic heterocycles. The van der Waals surface area contributed by atoms with Crippen LogP contribution in [0.2, 0.25) is 0 Å². The molecule has 0 aliphatic rings. The zero-order chi connectivity index (χ0) is 16.3. The van der Waals surface area contributed by atoms with E-state index in [4.69, 9.17) is 4.74 Å². The van der Waals surface area contributed by atoms with Crippen molar-refractivity contribution in [3.05, 3.63) is 58.7 Å². The molecule has 0 aliphatic carbocycles. The number of benzene rings is 2. The van der Waals surface area contributed by atoms with Gasteiger partial charge in [0.1, 0.15) is 22.8 Å². The molecule has 0 atom stereocenters. The largest absolute Gasteiger partial charge is 0.507 e. The number of aryl methyl sites for hydroxylation is 1. The minimum absolute atomic E-state index is 0.0432. The van der Waals surface area contributed by atoms with Gasteiger partial charge in [0.2, 0.25) is 0 Å². The van der Waals surface area contributed by atoms with Gasteiger partial charge >= 0.3 is 0 Å². The molecule has 0 amide bonds. The molecule has 114 valence electrons. The van der Waals surface area contributed by atoms with E-state index < -0.39 is 0 Å². The number of phenols is 2. The quantitative estimate of drug-likeness (QED) is 0.668. The molecule has 0 saturated heterocycles. The van der Waals surface area contributed by atoms with Gasteiger partial charge in [0.25, 0.3) is 0 Å². The highest BCUT2D eigenvalue weighted by Crippen LogP contribution is 2.37. The van der Waals surface area contributed by atoms with Crippen molar-refractivity contribution in [2.45, 2.75) is 13.8 Å². The van der Waals surface area contributed by atoms with E-state index in [0.29, 0.717) is 0 Å². The Kier molecular flexibility index (Phi) is 4.51. The Bertz CT molecular complexity index is 745. The van der Waals surface area contributed by atoms with Gasteiger partial charge in [-0.1, -0.05) is 35.9 Å². The molecular weight excluding hydrogens is 280 g/mol. The Balaban J connectivity index is 2.39. The fraction of sp³-hybridized carbons (Fsp3) is 0.167. The zero-order valence-electron chi connectivity index (χ0n) is 12.8. The van der Waals surface area contributed by atoms with Crippen LogP contribution < -0.4 is 4.74 Å². The van der Waals surface area contributed by atoms with Crippen molar-refractivity contribution in [1.29, 1.82) is 0 Å². The number of hydrogen-bond acceptors (Lipinski definition) is 4. The first-order valence-corrected chi connectivity index (χ1v) is 6.82. The molecule has 2 aromatic rings. The van der Waals surface area contributed by atoms with Crippen molar-refractivity contribution in [3.63, 3.8) is 0 Å². The first-order chi connectivity index (χ1) is 10.4. The van der Waals surface area contributed by atoms with Crippen molar-refractivity contribution in [1.82, 2.24) is 0 Å². The summed E-state index contributed by atoms with van der Waals surface area (Å²) >= 11 is 0. The number of methoxy groups -OCH3 is 1. The molecule has 0 radical (unpaired) electrons. The van der Waals surface area contributed by atoms with Gasteiger partial charge in [-0.3, -0.25) is 4.79 Å². The van der Waals surface area contributed by atoms with Crippen molar-refractivity contribution < 1.29 is 19.7 Å². The smallest absolute Gasteiger partial charge is 0.193 e. The van der Waals surface area contributed by atoms with Crippen LogP contribution in [0.15, 0.2) is 36.4 Å². The average Bonchev–Trinajstić information content (AvgIpc) is 2.50. The summed E-state index contributed by atoms with van der Waals surface area (Å²) in [5.74, 6) is -0.636. The van der Waals surface area contributed by atoms with E-state index in [1.165, 1.54) is 26.2 Å². The highest BCUT2D eigenvalue weighted by Gasteiger charge is 2.20. The average molecular weight is 298 g/mol. The van der Waals surface area contributed by atoms with E-state index in [9.17, 15) is 15.0 Å². The lowest BCUT2D eigenvalue weighted by atomic mass is 10.0. The number of rotatable bonds is 4. The predicted octanol–water partition coefficient (Wildman–Crippen LogP) is 3.62. The van der Waals surface area contributed by atoms with Crippen molar-refractivity contribution in [2.75, 3.05) is 7.11 Å². The van der Waals surface area contributed by atoms with Crippen LogP contribution in [0, 0.1) is 13.8 Å². The molecule has 0 heterocycles. The van der Waals surface area contributed by atoms with Gasteiger partial charge in [-0.2, -0.15) is 0 Å². The van der Waals surface area contributed by atoms with Crippen LogP contribution in [-0.2, 0) is 0 Å². The summed E-state index contributed by atoms with van der Waals surface area (Å²) in [6, 6.07) is 9.03. The molecule has 4 nitrogen and oxygen atoms in total. The minimum atomic E-state index is -0.390. The Labute approximate surface area is 129 Å². The Morgan fingerprint density at radius 3 is 2.55 bits per heavy atom. The number of carbonyl (C=O) groups excluding carboxylic acids is 1. The Hall–Kier alpha value is -2.75. The lowest BCUT2D eigenvalue weighted by Gasteiger charge is -2.11. The van der Waals surface area contributed by atoms with Crippen LogP contribution in [0.4, 0.5) is 0 Å². The summed E-state index contributed by atoms with van der Waals surface area (Å²) in [4.78, 5) is 12.4. The summed E-state index contributed by atoms with van der Waals surface area (Å²) in [5, 5.41) is 19.8. The van der Waals surface area contributed by atoms with Gasteiger partial charge in [-0.05, 0) is 25.5 Å².